The van der Waals surface area contributed by atoms with Crippen LogP contribution < -0.4 is 26.1 Å². The second-order valence-corrected chi connectivity index (χ2v) is 7.95. The number of benzene rings is 1. The number of nitrogens with one attached hydrogen (secondary N) is 4. The summed E-state index contributed by atoms with van der Waals surface area (Å²) in [5.74, 6) is 1.04. The van der Waals surface area contributed by atoms with Crippen LogP contribution in [0.1, 0.15) is 39.0 Å². The number of halogens is 1. The second kappa shape index (κ2) is 10.1. The maximum absolute atomic E-state index is 14.1. The average molecular weight is 431 g/mol. The molecule has 4 rings (SSSR count). The van der Waals surface area contributed by atoms with Gasteiger partial charge >= 0.3 is 0 Å². The quantitative estimate of drug-likeness (QED) is 0.478. The van der Waals surface area contributed by atoms with Crippen LogP contribution in [0.5, 0.6) is 5.75 Å². The van der Waals surface area contributed by atoms with Crippen LogP contribution in [-0.4, -0.2) is 58.8 Å². The number of hydrogen-bond donors (Lipinski definition) is 4. The Morgan fingerprint density at radius 3 is 2.61 bits per heavy atom. The molecule has 10 heteroatoms. The molecule has 0 spiro atoms. The minimum absolute atomic E-state index is 0.190. The van der Waals surface area contributed by atoms with Crippen molar-refractivity contribution < 1.29 is 9.13 Å². The highest BCUT2D eigenvalue weighted by atomic mass is 19.1. The molecule has 0 amide bonds. The number of hydrogen-bond acceptors (Lipinski definition) is 9. The Bertz CT molecular complexity index is 870. The van der Waals surface area contributed by atoms with Gasteiger partial charge in [-0.25, -0.2) is 9.40 Å². The van der Waals surface area contributed by atoms with Crippen molar-refractivity contribution in [1.29, 1.82) is 0 Å². The molecule has 1 aromatic carbocycles. The highest BCUT2D eigenvalue weighted by Crippen LogP contribution is 2.24. The van der Waals surface area contributed by atoms with E-state index in [1.54, 1.807) is 12.1 Å². The highest BCUT2D eigenvalue weighted by Gasteiger charge is 2.24. The predicted octanol–water partition coefficient (Wildman–Crippen LogP) is 3.13. The Labute approximate surface area is 182 Å². The van der Waals surface area contributed by atoms with Crippen LogP contribution in [0.4, 0.5) is 27.9 Å². The van der Waals surface area contributed by atoms with Crippen LogP contribution in [-0.2, 0) is 0 Å². The molecule has 2 saturated heterocycles. The second-order valence-electron chi connectivity index (χ2n) is 7.95. The summed E-state index contributed by atoms with van der Waals surface area (Å²) in [6.45, 7) is 5.09. The predicted molar refractivity (Wildman–Crippen MR) is 119 cm³/mol. The summed E-state index contributed by atoms with van der Waals surface area (Å²) < 4.78 is 19.1. The van der Waals surface area contributed by atoms with Crippen molar-refractivity contribution in [2.45, 2.75) is 51.1 Å². The van der Waals surface area contributed by atoms with E-state index in [2.05, 4.69) is 48.3 Å². The van der Waals surface area contributed by atoms with E-state index in [-0.39, 0.29) is 11.8 Å². The maximum atomic E-state index is 14.1. The molecular formula is C21H31FN8O. The van der Waals surface area contributed by atoms with Gasteiger partial charge in [0.15, 0.2) is 11.6 Å². The summed E-state index contributed by atoms with van der Waals surface area (Å²) in [6, 6.07) is 5.27. The zero-order valence-electron chi connectivity index (χ0n) is 18.1. The van der Waals surface area contributed by atoms with E-state index in [0.717, 1.165) is 45.3 Å². The molecule has 2 atom stereocenters. The summed E-state index contributed by atoms with van der Waals surface area (Å²) in [5.41, 5.74) is 3.81. The topological polar surface area (TPSA) is 99.3 Å². The van der Waals surface area contributed by atoms with Gasteiger partial charge in [0, 0.05) is 36.9 Å². The van der Waals surface area contributed by atoms with Gasteiger partial charge < -0.3 is 20.7 Å². The van der Waals surface area contributed by atoms with Gasteiger partial charge in [0.25, 0.3) is 0 Å². The zero-order chi connectivity index (χ0) is 21.6. The van der Waals surface area contributed by atoms with E-state index < -0.39 is 5.82 Å². The minimum atomic E-state index is -0.450. The fourth-order valence-electron chi connectivity index (χ4n) is 4.10. The monoisotopic (exact) mass is 430 g/mol. The SMILES string of the molecule is CCC(Nc1nc(Nc2ccc(OC)c(F)c2)nc(NN2CCCC2)n1)C1CCCN1. The fourth-order valence-corrected chi connectivity index (χ4v) is 4.10. The molecule has 2 aliphatic heterocycles. The molecule has 1 aromatic heterocycles. The van der Waals surface area contributed by atoms with Gasteiger partial charge in [-0.05, 0) is 50.8 Å². The molecule has 0 radical (unpaired) electrons. The van der Waals surface area contributed by atoms with E-state index in [1.165, 1.54) is 19.6 Å². The largest absolute Gasteiger partial charge is 0.494 e. The molecule has 31 heavy (non-hydrogen) atoms. The Morgan fingerprint density at radius 2 is 1.94 bits per heavy atom. The molecule has 0 saturated carbocycles. The average Bonchev–Trinajstić information content (AvgIpc) is 3.46. The summed E-state index contributed by atoms with van der Waals surface area (Å²) >= 11 is 0. The molecule has 3 heterocycles. The molecule has 0 aliphatic carbocycles. The lowest BCUT2D eigenvalue weighted by Crippen LogP contribution is -2.40. The van der Waals surface area contributed by atoms with Gasteiger partial charge in [-0.2, -0.15) is 15.0 Å². The van der Waals surface area contributed by atoms with Crippen LogP contribution in [0, 0.1) is 5.82 Å². The van der Waals surface area contributed by atoms with E-state index in [1.807, 2.05) is 0 Å². The minimum Gasteiger partial charge on any atom is -0.494 e. The van der Waals surface area contributed by atoms with E-state index in [9.17, 15) is 4.39 Å². The lowest BCUT2D eigenvalue weighted by atomic mass is 10.0. The van der Waals surface area contributed by atoms with Crippen molar-refractivity contribution in [3.05, 3.63) is 24.0 Å². The molecule has 168 valence electrons. The number of rotatable bonds is 9. The van der Waals surface area contributed by atoms with Crippen LogP contribution in [0.2, 0.25) is 0 Å². The Morgan fingerprint density at radius 1 is 1.16 bits per heavy atom. The molecule has 9 nitrogen and oxygen atoms in total. The lowest BCUT2D eigenvalue weighted by molar-refractivity contribution is 0.386. The van der Waals surface area contributed by atoms with Gasteiger partial charge in [-0.1, -0.05) is 6.92 Å². The lowest BCUT2D eigenvalue weighted by Gasteiger charge is -2.24. The Hall–Kier alpha value is -2.72. The molecule has 4 N–H and O–H groups in total. The van der Waals surface area contributed by atoms with Crippen LogP contribution in [0.15, 0.2) is 18.2 Å². The standard InChI is InChI=1S/C21H31FN8O/c1-3-16(17-7-6-10-23-17)25-20-26-19(24-14-8-9-18(31-2)15(22)13-14)27-21(28-20)29-30-11-4-5-12-30/h8-9,13,16-17,23H,3-7,10-12H2,1-2H3,(H3,24,25,26,27,28,29). The Balaban J connectivity index is 1.56. The number of anilines is 4. The smallest absolute Gasteiger partial charge is 0.244 e. The first-order valence-corrected chi connectivity index (χ1v) is 11.0. The van der Waals surface area contributed by atoms with Crippen molar-refractivity contribution in [3.8, 4) is 5.75 Å². The molecule has 2 unspecified atom stereocenters. The zero-order valence-corrected chi connectivity index (χ0v) is 18.1. The summed E-state index contributed by atoms with van der Waals surface area (Å²) in [6.07, 6.45) is 5.55. The van der Waals surface area contributed by atoms with Gasteiger partial charge in [0.1, 0.15) is 0 Å². The van der Waals surface area contributed by atoms with Crippen LogP contribution in [0.25, 0.3) is 0 Å². The summed E-state index contributed by atoms with van der Waals surface area (Å²) in [4.78, 5) is 13.6. The number of methoxy groups -OCH3 is 1. The first-order valence-electron chi connectivity index (χ1n) is 11.0. The van der Waals surface area contributed by atoms with Gasteiger partial charge in [-0.3, -0.25) is 5.43 Å². The number of nitrogens with zero attached hydrogens (tertiary/aromatic N) is 4. The fraction of sp³-hybridized carbons (Fsp3) is 0.571. The van der Waals surface area contributed by atoms with Gasteiger partial charge in [0.05, 0.1) is 7.11 Å². The Kier molecular flexibility index (Phi) is 6.98. The molecule has 2 aromatic rings. The highest BCUT2D eigenvalue weighted by molar-refractivity contribution is 5.57. The summed E-state index contributed by atoms with van der Waals surface area (Å²) in [5, 5.41) is 12.2. The number of ether oxygens (including phenoxy) is 1. The van der Waals surface area contributed by atoms with E-state index in [0.29, 0.717) is 29.6 Å². The third-order valence-electron chi connectivity index (χ3n) is 5.75. The molecular weight excluding hydrogens is 399 g/mol. The van der Waals surface area contributed by atoms with Crippen LogP contribution in [0.3, 0.4) is 0 Å². The maximum Gasteiger partial charge on any atom is 0.244 e. The molecule has 0 bridgehead atoms. The third-order valence-corrected chi connectivity index (χ3v) is 5.75. The van der Waals surface area contributed by atoms with E-state index in [4.69, 9.17) is 4.74 Å². The van der Waals surface area contributed by atoms with Crippen molar-refractivity contribution in [3.63, 3.8) is 0 Å². The first kappa shape index (κ1) is 21.5. The number of hydrazine groups is 1. The van der Waals surface area contributed by atoms with Crippen LogP contribution >= 0.6 is 0 Å². The van der Waals surface area contributed by atoms with E-state index >= 15 is 0 Å². The van der Waals surface area contributed by atoms with Gasteiger partial charge in [0.2, 0.25) is 17.8 Å². The van der Waals surface area contributed by atoms with Crippen molar-refractivity contribution in [2.24, 2.45) is 0 Å². The van der Waals surface area contributed by atoms with Crippen molar-refractivity contribution in [1.82, 2.24) is 25.3 Å². The normalized spacial score (nSPS) is 19.9. The van der Waals surface area contributed by atoms with Crippen molar-refractivity contribution >= 4 is 23.5 Å². The summed E-state index contributed by atoms with van der Waals surface area (Å²) in [7, 11) is 1.44. The molecule has 2 aliphatic rings. The van der Waals surface area contributed by atoms with Crippen molar-refractivity contribution in [2.75, 3.05) is 42.8 Å². The first-order chi connectivity index (χ1) is 15.1. The number of aromatic nitrogens is 3. The van der Waals surface area contributed by atoms with Gasteiger partial charge in [-0.15, -0.1) is 0 Å². The third kappa shape index (κ3) is 5.50. The molecule has 2 fully saturated rings.